The molecule has 4 heteroatoms. The van der Waals surface area contributed by atoms with Crippen molar-refractivity contribution in [2.75, 3.05) is 13.3 Å². The van der Waals surface area contributed by atoms with Crippen LogP contribution in [-0.4, -0.2) is 13.3 Å². The molecule has 86 valence electrons. The summed E-state index contributed by atoms with van der Waals surface area (Å²) in [6.07, 6.45) is 4.73. The first kappa shape index (κ1) is 11.3. The van der Waals surface area contributed by atoms with Crippen molar-refractivity contribution in [3.05, 3.63) is 28.3 Å². The summed E-state index contributed by atoms with van der Waals surface area (Å²) in [5.74, 6) is 1.43. The monoisotopic (exact) mass is 239 g/mol. The van der Waals surface area contributed by atoms with E-state index < -0.39 is 0 Å². The Kier molecular flexibility index (Phi) is 3.36. The second kappa shape index (κ2) is 4.76. The number of hydrogen-bond donors (Lipinski definition) is 1. The molecule has 0 atom stereocenters. The van der Waals surface area contributed by atoms with Crippen molar-refractivity contribution in [2.24, 2.45) is 5.73 Å². The van der Waals surface area contributed by atoms with Crippen LogP contribution < -0.4 is 15.2 Å². The highest BCUT2D eigenvalue weighted by atomic mass is 35.5. The minimum absolute atomic E-state index is 0.242. The van der Waals surface area contributed by atoms with Crippen LogP contribution in [0.15, 0.2) is 12.1 Å². The van der Waals surface area contributed by atoms with E-state index in [0.29, 0.717) is 17.3 Å². The number of fused-ring (bicyclic) bond motifs is 1. The maximum absolute atomic E-state index is 6.11. The molecule has 3 nitrogen and oxygen atoms in total. The van der Waals surface area contributed by atoms with Crippen molar-refractivity contribution in [3.63, 3.8) is 0 Å². The smallest absolute Gasteiger partial charge is 0.231 e. The lowest BCUT2D eigenvalue weighted by Crippen LogP contribution is -1.95. The maximum atomic E-state index is 6.11. The Balaban J connectivity index is 2.53. The first-order valence-electron chi connectivity index (χ1n) is 5.25. The summed E-state index contributed by atoms with van der Waals surface area (Å²) in [6.45, 7) is 2.83. The summed E-state index contributed by atoms with van der Waals surface area (Å²) in [7, 11) is 0. The van der Waals surface area contributed by atoms with Gasteiger partial charge in [0.15, 0.2) is 11.5 Å². The Morgan fingerprint density at radius 2 is 2.19 bits per heavy atom. The lowest BCUT2D eigenvalue weighted by molar-refractivity contribution is 0.173. The quantitative estimate of drug-likeness (QED) is 0.882. The number of benzene rings is 1. The van der Waals surface area contributed by atoms with Crippen molar-refractivity contribution in [2.45, 2.75) is 13.3 Å². The van der Waals surface area contributed by atoms with Crippen LogP contribution in [0.4, 0.5) is 0 Å². The largest absolute Gasteiger partial charge is 0.453 e. The Morgan fingerprint density at radius 3 is 2.88 bits per heavy atom. The molecular formula is C12H14ClNO2. The van der Waals surface area contributed by atoms with Gasteiger partial charge in [-0.05, 0) is 18.1 Å². The van der Waals surface area contributed by atoms with Gasteiger partial charge in [-0.3, -0.25) is 0 Å². The highest BCUT2D eigenvalue weighted by Crippen LogP contribution is 2.43. The lowest BCUT2D eigenvalue weighted by Gasteiger charge is -2.09. The molecule has 1 aromatic rings. The van der Waals surface area contributed by atoms with Crippen LogP contribution in [0.5, 0.6) is 11.5 Å². The zero-order valence-electron chi connectivity index (χ0n) is 9.13. The third-order valence-corrected chi connectivity index (χ3v) is 2.80. The van der Waals surface area contributed by atoms with E-state index in [1.54, 1.807) is 0 Å². The third kappa shape index (κ3) is 1.88. The molecule has 1 heterocycles. The summed E-state index contributed by atoms with van der Waals surface area (Å²) in [5, 5.41) is 0.585. The van der Waals surface area contributed by atoms with Gasteiger partial charge in [-0.1, -0.05) is 30.7 Å². The molecule has 0 aromatic heterocycles. The van der Waals surface area contributed by atoms with Gasteiger partial charge in [0.05, 0.1) is 5.02 Å². The standard InChI is InChI=1S/C12H14ClNO2/c1-2-9-8(4-3-5-14)6-10(13)12-11(9)15-7-16-12/h3-4,6H,2,5,7,14H2,1H3/b4-3+. The topological polar surface area (TPSA) is 44.5 Å². The highest BCUT2D eigenvalue weighted by molar-refractivity contribution is 6.32. The third-order valence-electron chi connectivity index (χ3n) is 2.52. The van der Waals surface area contributed by atoms with Crippen molar-refractivity contribution in [1.82, 2.24) is 0 Å². The fourth-order valence-electron chi connectivity index (χ4n) is 1.81. The van der Waals surface area contributed by atoms with E-state index in [1.165, 1.54) is 0 Å². The number of nitrogens with two attached hydrogens (primary N) is 1. The molecule has 1 aliphatic heterocycles. The van der Waals surface area contributed by atoms with E-state index in [1.807, 2.05) is 18.2 Å². The normalized spacial score (nSPS) is 13.7. The van der Waals surface area contributed by atoms with Crippen molar-refractivity contribution >= 4 is 17.7 Å². The molecule has 16 heavy (non-hydrogen) atoms. The van der Waals surface area contributed by atoms with Crippen LogP contribution in [0, 0.1) is 0 Å². The summed E-state index contributed by atoms with van der Waals surface area (Å²) in [4.78, 5) is 0. The summed E-state index contributed by atoms with van der Waals surface area (Å²) < 4.78 is 10.8. The van der Waals surface area contributed by atoms with Crippen LogP contribution in [0.3, 0.4) is 0 Å². The molecule has 2 N–H and O–H groups in total. The fraction of sp³-hybridized carbons (Fsp3) is 0.333. The molecule has 1 aliphatic rings. The van der Waals surface area contributed by atoms with Gasteiger partial charge in [0.25, 0.3) is 0 Å². The number of ether oxygens (including phenoxy) is 2. The second-order valence-corrected chi connectivity index (χ2v) is 3.89. The minimum Gasteiger partial charge on any atom is -0.453 e. The molecule has 0 unspecified atom stereocenters. The number of halogens is 1. The highest BCUT2D eigenvalue weighted by Gasteiger charge is 2.22. The zero-order chi connectivity index (χ0) is 11.5. The van der Waals surface area contributed by atoms with Gasteiger partial charge in [0.1, 0.15) is 0 Å². The van der Waals surface area contributed by atoms with Crippen molar-refractivity contribution < 1.29 is 9.47 Å². The van der Waals surface area contributed by atoms with Crippen LogP contribution in [0.25, 0.3) is 6.08 Å². The van der Waals surface area contributed by atoms with Gasteiger partial charge in [-0.2, -0.15) is 0 Å². The fourth-order valence-corrected chi connectivity index (χ4v) is 2.07. The zero-order valence-corrected chi connectivity index (χ0v) is 9.88. The van der Waals surface area contributed by atoms with Gasteiger partial charge >= 0.3 is 0 Å². The molecule has 0 saturated heterocycles. The second-order valence-electron chi connectivity index (χ2n) is 3.48. The number of rotatable bonds is 3. The van der Waals surface area contributed by atoms with E-state index in [9.17, 15) is 0 Å². The average Bonchev–Trinajstić information content (AvgIpc) is 2.76. The Labute approximate surface area is 99.8 Å². The van der Waals surface area contributed by atoms with Gasteiger partial charge < -0.3 is 15.2 Å². The first-order chi connectivity index (χ1) is 7.77. The van der Waals surface area contributed by atoms with Crippen molar-refractivity contribution in [1.29, 1.82) is 0 Å². The molecule has 0 saturated carbocycles. The number of hydrogen-bond acceptors (Lipinski definition) is 3. The molecule has 2 rings (SSSR count). The van der Waals surface area contributed by atoms with E-state index in [-0.39, 0.29) is 6.79 Å². The molecular weight excluding hydrogens is 226 g/mol. The van der Waals surface area contributed by atoms with E-state index in [0.717, 1.165) is 23.3 Å². The average molecular weight is 240 g/mol. The SMILES string of the molecule is CCc1c(/C=C/CN)cc(Cl)c2c1OCO2. The maximum Gasteiger partial charge on any atom is 0.231 e. The lowest BCUT2D eigenvalue weighted by atomic mass is 10.0. The van der Waals surface area contributed by atoms with Crippen LogP contribution in [0.2, 0.25) is 5.02 Å². The molecule has 0 bridgehead atoms. The van der Waals surface area contributed by atoms with Gasteiger partial charge in [-0.15, -0.1) is 0 Å². The first-order valence-corrected chi connectivity index (χ1v) is 5.63. The molecule has 1 aromatic carbocycles. The summed E-state index contributed by atoms with van der Waals surface area (Å²) in [5.41, 5.74) is 7.60. The Hall–Kier alpha value is -1.19. The molecule has 0 radical (unpaired) electrons. The van der Waals surface area contributed by atoms with Gasteiger partial charge in [0.2, 0.25) is 6.79 Å². The Bertz CT molecular complexity index is 430. The van der Waals surface area contributed by atoms with Crippen molar-refractivity contribution in [3.8, 4) is 11.5 Å². The van der Waals surface area contributed by atoms with Crippen LogP contribution in [0.1, 0.15) is 18.1 Å². The van der Waals surface area contributed by atoms with E-state index in [4.69, 9.17) is 26.8 Å². The molecule has 0 aliphatic carbocycles. The van der Waals surface area contributed by atoms with Gasteiger partial charge in [-0.25, -0.2) is 0 Å². The predicted octanol–water partition coefficient (Wildman–Crippen LogP) is 2.60. The minimum atomic E-state index is 0.242. The predicted molar refractivity (Wildman–Crippen MR) is 65.0 cm³/mol. The molecule has 0 spiro atoms. The molecule has 0 amide bonds. The summed E-state index contributed by atoms with van der Waals surface area (Å²) in [6, 6.07) is 1.89. The summed E-state index contributed by atoms with van der Waals surface area (Å²) >= 11 is 6.11. The van der Waals surface area contributed by atoms with Crippen LogP contribution >= 0.6 is 11.6 Å². The Morgan fingerprint density at radius 1 is 1.44 bits per heavy atom. The van der Waals surface area contributed by atoms with E-state index >= 15 is 0 Å². The van der Waals surface area contributed by atoms with Crippen LogP contribution in [-0.2, 0) is 6.42 Å². The van der Waals surface area contributed by atoms with E-state index in [2.05, 4.69) is 6.92 Å². The molecule has 0 fully saturated rings. The van der Waals surface area contributed by atoms with Gasteiger partial charge in [0, 0.05) is 12.1 Å².